The topological polar surface area (TPSA) is 84.0 Å². The van der Waals surface area contributed by atoms with Gasteiger partial charge in [0.25, 0.3) is 5.91 Å². The van der Waals surface area contributed by atoms with Crippen LogP contribution in [0.25, 0.3) is 0 Å². The Labute approximate surface area is 145 Å². The molecule has 0 aliphatic carbocycles. The minimum Gasteiger partial charge on any atom is -0.326 e. The number of hydrogen-bond acceptors (Lipinski definition) is 5. The van der Waals surface area contributed by atoms with E-state index >= 15 is 0 Å². The van der Waals surface area contributed by atoms with Crippen LogP contribution in [-0.2, 0) is 4.79 Å². The van der Waals surface area contributed by atoms with Gasteiger partial charge < -0.3 is 5.32 Å². The van der Waals surface area contributed by atoms with E-state index in [4.69, 9.17) is 0 Å². The van der Waals surface area contributed by atoms with Crippen LogP contribution < -0.4 is 10.6 Å². The summed E-state index contributed by atoms with van der Waals surface area (Å²) in [5.41, 5.74) is 1.19. The lowest BCUT2D eigenvalue weighted by Gasteiger charge is -2.06. The predicted molar refractivity (Wildman–Crippen MR) is 96.5 cm³/mol. The minimum absolute atomic E-state index is 0.0101. The van der Waals surface area contributed by atoms with E-state index in [0.717, 1.165) is 17.8 Å². The number of nitrogens with one attached hydrogen (secondary N) is 2. The van der Waals surface area contributed by atoms with E-state index in [1.807, 2.05) is 20.8 Å². The Morgan fingerprint density at radius 1 is 1.12 bits per heavy atom. The molecule has 0 bridgehead atoms. The Morgan fingerprint density at radius 3 is 2.42 bits per heavy atom. The van der Waals surface area contributed by atoms with Gasteiger partial charge in [-0.25, -0.2) is 0 Å². The van der Waals surface area contributed by atoms with Gasteiger partial charge in [0.15, 0.2) is 0 Å². The van der Waals surface area contributed by atoms with Crippen molar-refractivity contribution in [1.82, 2.24) is 10.2 Å². The maximum absolute atomic E-state index is 12.2. The average molecular weight is 346 g/mol. The molecule has 1 aromatic carbocycles. The number of benzene rings is 1. The first-order chi connectivity index (χ1) is 11.5. The van der Waals surface area contributed by atoms with E-state index in [1.54, 1.807) is 24.3 Å². The zero-order chi connectivity index (χ0) is 17.5. The monoisotopic (exact) mass is 346 g/mol. The summed E-state index contributed by atoms with van der Waals surface area (Å²) in [6, 6.07) is 6.79. The lowest BCUT2D eigenvalue weighted by molar-refractivity contribution is -0.116. The van der Waals surface area contributed by atoms with Crippen LogP contribution in [0, 0.1) is 0 Å². The van der Waals surface area contributed by atoms with Crippen molar-refractivity contribution in [3.63, 3.8) is 0 Å². The third kappa shape index (κ3) is 5.13. The first-order valence-electron chi connectivity index (χ1n) is 8.04. The fourth-order valence-electron chi connectivity index (χ4n) is 1.95. The molecule has 6 nitrogen and oxygen atoms in total. The fraction of sp³-hybridized carbons (Fsp3) is 0.412. The van der Waals surface area contributed by atoms with E-state index < -0.39 is 0 Å². The number of carbonyl (C=O) groups excluding carboxylic acids is 2. The van der Waals surface area contributed by atoms with Crippen molar-refractivity contribution in [1.29, 1.82) is 0 Å². The van der Waals surface area contributed by atoms with Gasteiger partial charge in [0.1, 0.15) is 5.01 Å². The second-order valence-electron chi connectivity index (χ2n) is 5.78. The summed E-state index contributed by atoms with van der Waals surface area (Å²) in [4.78, 5) is 23.9. The molecule has 0 unspecified atom stereocenters. The van der Waals surface area contributed by atoms with Gasteiger partial charge in [0.2, 0.25) is 11.0 Å². The lowest BCUT2D eigenvalue weighted by Crippen LogP contribution is -2.13. The zero-order valence-corrected chi connectivity index (χ0v) is 14.9. The number of amides is 2. The Bertz CT molecular complexity index is 695. The fourth-order valence-corrected chi connectivity index (χ4v) is 2.69. The van der Waals surface area contributed by atoms with Gasteiger partial charge in [0, 0.05) is 23.6 Å². The van der Waals surface area contributed by atoms with Crippen molar-refractivity contribution < 1.29 is 9.59 Å². The summed E-state index contributed by atoms with van der Waals surface area (Å²) in [6.45, 7) is 6.10. The highest BCUT2D eigenvalue weighted by Crippen LogP contribution is 2.23. The summed E-state index contributed by atoms with van der Waals surface area (Å²) in [6.07, 6.45) is 2.36. The summed E-state index contributed by atoms with van der Waals surface area (Å²) in [7, 11) is 0. The molecule has 0 aliphatic rings. The lowest BCUT2D eigenvalue weighted by atomic mass is 10.2. The molecule has 1 aromatic heterocycles. The number of aromatic nitrogens is 2. The smallest absolute Gasteiger partial charge is 0.257 e. The van der Waals surface area contributed by atoms with Gasteiger partial charge in [-0.05, 0) is 30.7 Å². The van der Waals surface area contributed by atoms with Crippen molar-refractivity contribution in [2.24, 2.45) is 0 Å². The number of nitrogens with zero attached hydrogens (tertiary/aromatic N) is 2. The summed E-state index contributed by atoms with van der Waals surface area (Å²) in [5, 5.41) is 14.9. The maximum atomic E-state index is 12.2. The first kappa shape index (κ1) is 18.1. The van der Waals surface area contributed by atoms with Gasteiger partial charge >= 0.3 is 0 Å². The van der Waals surface area contributed by atoms with Gasteiger partial charge in [-0.3, -0.25) is 14.9 Å². The first-order valence-corrected chi connectivity index (χ1v) is 8.86. The highest BCUT2D eigenvalue weighted by atomic mass is 32.1. The van der Waals surface area contributed by atoms with Gasteiger partial charge in [0.05, 0.1) is 0 Å². The molecule has 0 radical (unpaired) electrons. The van der Waals surface area contributed by atoms with Crippen molar-refractivity contribution >= 4 is 34.0 Å². The largest absolute Gasteiger partial charge is 0.326 e. The summed E-state index contributed by atoms with van der Waals surface area (Å²) < 4.78 is 0. The molecule has 128 valence electrons. The SMILES string of the molecule is CCCCC(=O)Nc1ccc(C(=O)Nc2nnc(C(C)C)s2)cc1. The second kappa shape index (κ2) is 8.54. The maximum Gasteiger partial charge on any atom is 0.257 e. The summed E-state index contributed by atoms with van der Waals surface area (Å²) >= 11 is 1.37. The zero-order valence-electron chi connectivity index (χ0n) is 14.1. The van der Waals surface area contributed by atoms with Crippen LogP contribution in [0.2, 0.25) is 0 Å². The van der Waals surface area contributed by atoms with E-state index in [0.29, 0.717) is 22.8 Å². The van der Waals surface area contributed by atoms with Crippen LogP contribution in [0.5, 0.6) is 0 Å². The Morgan fingerprint density at radius 2 is 1.83 bits per heavy atom. The molecular formula is C17H22N4O2S. The average Bonchev–Trinajstić information content (AvgIpc) is 3.02. The van der Waals surface area contributed by atoms with Crippen molar-refractivity contribution in [3.05, 3.63) is 34.8 Å². The van der Waals surface area contributed by atoms with E-state index in [-0.39, 0.29) is 17.7 Å². The minimum atomic E-state index is -0.245. The van der Waals surface area contributed by atoms with Crippen LogP contribution in [0.1, 0.15) is 61.3 Å². The van der Waals surface area contributed by atoms with Crippen LogP contribution in [0.3, 0.4) is 0 Å². The molecule has 0 saturated carbocycles. The molecule has 2 amide bonds. The van der Waals surface area contributed by atoms with Crippen LogP contribution in [0.15, 0.2) is 24.3 Å². The molecule has 0 saturated heterocycles. The number of unbranched alkanes of at least 4 members (excludes halogenated alkanes) is 1. The van der Waals surface area contributed by atoms with E-state index in [1.165, 1.54) is 11.3 Å². The molecular weight excluding hydrogens is 324 g/mol. The van der Waals surface area contributed by atoms with E-state index in [2.05, 4.69) is 20.8 Å². The molecule has 2 aromatic rings. The van der Waals surface area contributed by atoms with Crippen molar-refractivity contribution in [2.45, 2.75) is 46.0 Å². The Hall–Kier alpha value is -2.28. The standard InChI is InChI=1S/C17H22N4O2S/c1-4-5-6-14(22)18-13-9-7-12(8-10-13)15(23)19-17-21-20-16(24-17)11(2)3/h7-11H,4-6H2,1-3H3,(H,18,22)(H,19,21,23). The molecule has 2 N–H and O–H groups in total. The third-order valence-corrected chi connectivity index (χ3v) is 4.48. The second-order valence-corrected chi connectivity index (χ2v) is 6.79. The molecule has 0 atom stereocenters. The van der Waals surface area contributed by atoms with Crippen LogP contribution >= 0.6 is 11.3 Å². The van der Waals surface area contributed by atoms with Gasteiger partial charge in [-0.2, -0.15) is 0 Å². The van der Waals surface area contributed by atoms with Crippen molar-refractivity contribution in [3.8, 4) is 0 Å². The summed E-state index contributed by atoms with van der Waals surface area (Å²) in [5.74, 6) is 0.0261. The third-order valence-electron chi connectivity index (χ3n) is 3.34. The van der Waals surface area contributed by atoms with Gasteiger partial charge in [-0.15, -0.1) is 10.2 Å². The molecule has 0 fully saturated rings. The number of hydrogen-bond donors (Lipinski definition) is 2. The Balaban J connectivity index is 1.94. The van der Waals surface area contributed by atoms with Crippen LogP contribution in [0.4, 0.5) is 10.8 Å². The molecule has 24 heavy (non-hydrogen) atoms. The van der Waals surface area contributed by atoms with Crippen molar-refractivity contribution in [2.75, 3.05) is 10.6 Å². The molecule has 7 heteroatoms. The van der Waals surface area contributed by atoms with Crippen LogP contribution in [-0.4, -0.2) is 22.0 Å². The molecule has 0 aliphatic heterocycles. The molecule has 0 spiro atoms. The molecule has 1 heterocycles. The predicted octanol–water partition coefficient (Wildman–Crippen LogP) is 4.04. The highest BCUT2D eigenvalue weighted by Gasteiger charge is 2.12. The molecule has 2 rings (SSSR count). The van der Waals surface area contributed by atoms with Gasteiger partial charge in [-0.1, -0.05) is 38.5 Å². The number of anilines is 2. The number of rotatable bonds is 7. The number of carbonyl (C=O) groups is 2. The quantitative estimate of drug-likeness (QED) is 0.792. The normalized spacial score (nSPS) is 10.7. The van der Waals surface area contributed by atoms with E-state index in [9.17, 15) is 9.59 Å². The Kier molecular flexibility index (Phi) is 6.43. The highest BCUT2D eigenvalue weighted by molar-refractivity contribution is 7.15.